The van der Waals surface area contributed by atoms with Gasteiger partial charge in [0.2, 0.25) is 0 Å². The Bertz CT molecular complexity index is 162. The highest BCUT2D eigenvalue weighted by atomic mass is 16.5. The zero-order valence-corrected chi connectivity index (χ0v) is 8.58. The molecule has 1 fully saturated rings. The maximum atomic E-state index is 5.27. The molecule has 0 unspecified atom stereocenters. The Hall–Kier alpha value is -0.380. The van der Waals surface area contributed by atoms with Gasteiger partial charge >= 0.3 is 0 Å². The molecule has 0 bridgehead atoms. The quantitative estimate of drug-likeness (QED) is 0.608. The lowest BCUT2D eigenvalue weighted by Crippen LogP contribution is -2.36. The van der Waals surface area contributed by atoms with E-state index in [0.29, 0.717) is 0 Å². The summed E-state index contributed by atoms with van der Waals surface area (Å²) in [6, 6.07) is 0. The van der Waals surface area contributed by atoms with Crippen LogP contribution < -0.4 is 0 Å². The van der Waals surface area contributed by atoms with Crippen LogP contribution in [0.5, 0.6) is 0 Å². The SMILES string of the molecule is COC/C(C)=C/CN1CCOCC1. The monoisotopic (exact) mass is 185 g/mol. The summed E-state index contributed by atoms with van der Waals surface area (Å²) in [4.78, 5) is 2.39. The molecule has 0 radical (unpaired) electrons. The molecule has 1 aliphatic heterocycles. The summed E-state index contributed by atoms with van der Waals surface area (Å²) < 4.78 is 10.3. The Labute approximate surface area is 80.3 Å². The first-order chi connectivity index (χ1) is 6.33. The fourth-order valence-electron chi connectivity index (χ4n) is 1.36. The van der Waals surface area contributed by atoms with Crippen molar-refractivity contribution in [3.63, 3.8) is 0 Å². The van der Waals surface area contributed by atoms with Gasteiger partial charge in [0.05, 0.1) is 19.8 Å². The van der Waals surface area contributed by atoms with Gasteiger partial charge in [-0.3, -0.25) is 4.90 Å². The average molecular weight is 185 g/mol. The zero-order valence-electron chi connectivity index (χ0n) is 8.58. The van der Waals surface area contributed by atoms with Crippen LogP contribution >= 0.6 is 0 Å². The van der Waals surface area contributed by atoms with Crippen LogP contribution in [0, 0.1) is 0 Å². The van der Waals surface area contributed by atoms with Gasteiger partial charge in [-0.25, -0.2) is 0 Å². The number of morpholine rings is 1. The molecule has 0 atom stereocenters. The summed E-state index contributed by atoms with van der Waals surface area (Å²) in [6.07, 6.45) is 2.23. The summed E-state index contributed by atoms with van der Waals surface area (Å²) in [5, 5.41) is 0. The van der Waals surface area contributed by atoms with Crippen molar-refractivity contribution in [3.8, 4) is 0 Å². The molecule has 0 aromatic rings. The van der Waals surface area contributed by atoms with Crippen molar-refractivity contribution in [2.45, 2.75) is 6.92 Å². The van der Waals surface area contributed by atoms with Gasteiger partial charge in [0.1, 0.15) is 0 Å². The molecule has 1 saturated heterocycles. The first-order valence-corrected chi connectivity index (χ1v) is 4.77. The number of rotatable bonds is 4. The molecular weight excluding hydrogens is 166 g/mol. The van der Waals surface area contributed by atoms with Crippen molar-refractivity contribution in [1.29, 1.82) is 0 Å². The molecular formula is C10H19NO2. The third kappa shape index (κ3) is 4.41. The molecule has 0 amide bonds. The Kier molecular flexibility index (Phi) is 5.05. The van der Waals surface area contributed by atoms with Crippen molar-refractivity contribution >= 4 is 0 Å². The van der Waals surface area contributed by atoms with E-state index in [4.69, 9.17) is 9.47 Å². The van der Waals surface area contributed by atoms with Gasteiger partial charge in [-0.1, -0.05) is 11.6 Å². The van der Waals surface area contributed by atoms with Crippen LogP contribution in [0.4, 0.5) is 0 Å². The van der Waals surface area contributed by atoms with Crippen LogP contribution in [0.3, 0.4) is 0 Å². The second-order valence-electron chi connectivity index (χ2n) is 3.40. The molecule has 13 heavy (non-hydrogen) atoms. The van der Waals surface area contributed by atoms with E-state index in [9.17, 15) is 0 Å². The third-order valence-electron chi connectivity index (χ3n) is 2.17. The molecule has 0 aromatic heterocycles. The molecule has 76 valence electrons. The van der Waals surface area contributed by atoms with E-state index in [-0.39, 0.29) is 0 Å². The van der Waals surface area contributed by atoms with Gasteiger partial charge in [-0.15, -0.1) is 0 Å². The first kappa shape index (κ1) is 10.7. The summed E-state index contributed by atoms with van der Waals surface area (Å²) in [5.41, 5.74) is 1.30. The van der Waals surface area contributed by atoms with E-state index in [1.165, 1.54) is 5.57 Å². The molecule has 0 aromatic carbocycles. The topological polar surface area (TPSA) is 21.7 Å². The van der Waals surface area contributed by atoms with E-state index in [0.717, 1.165) is 39.5 Å². The molecule has 1 rings (SSSR count). The van der Waals surface area contributed by atoms with E-state index in [2.05, 4.69) is 17.9 Å². The van der Waals surface area contributed by atoms with Crippen LogP contribution in [0.2, 0.25) is 0 Å². The van der Waals surface area contributed by atoms with Crippen LogP contribution in [-0.4, -0.2) is 51.5 Å². The van der Waals surface area contributed by atoms with E-state index >= 15 is 0 Å². The minimum atomic E-state index is 0.740. The molecule has 0 N–H and O–H groups in total. The largest absolute Gasteiger partial charge is 0.380 e. The second-order valence-corrected chi connectivity index (χ2v) is 3.40. The Morgan fingerprint density at radius 3 is 2.77 bits per heavy atom. The lowest BCUT2D eigenvalue weighted by molar-refractivity contribution is 0.0433. The highest BCUT2D eigenvalue weighted by molar-refractivity contribution is 4.99. The molecule has 3 heteroatoms. The zero-order chi connectivity index (χ0) is 9.52. The van der Waals surface area contributed by atoms with Crippen molar-refractivity contribution in [2.24, 2.45) is 0 Å². The number of hydrogen-bond donors (Lipinski definition) is 0. The lowest BCUT2D eigenvalue weighted by atomic mass is 10.3. The predicted molar refractivity (Wildman–Crippen MR) is 52.9 cm³/mol. The van der Waals surface area contributed by atoms with Gasteiger partial charge in [0, 0.05) is 26.7 Å². The van der Waals surface area contributed by atoms with Crippen LogP contribution in [0.1, 0.15) is 6.92 Å². The van der Waals surface area contributed by atoms with Gasteiger partial charge < -0.3 is 9.47 Å². The smallest absolute Gasteiger partial charge is 0.0670 e. The maximum Gasteiger partial charge on any atom is 0.0670 e. The van der Waals surface area contributed by atoms with Crippen molar-refractivity contribution < 1.29 is 9.47 Å². The standard InChI is InChI=1S/C10H19NO2/c1-10(9-12-2)3-4-11-5-7-13-8-6-11/h3H,4-9H2,1-2H3/b10-3+. The highest BCUT2D eigenvalue weighted by Gasteiger charge is 2.07. The lowest BCUT2D eigenvalue weighted by Gasteiger charge is -2.25. The van der Waals surface area contributed by atoms with Crippen molar-refractivity contribution in [2.75, 3.05) is 46.6 Å². The van der Waals surface area contributed by atoms with Crippen LogP contribution in [0.25, 0.3) is 0 Å². The fourth-order valence-corrected chi connectivity index (χ4v) is 1.36. The Morgan fingerprint density at radius 1 is 1.46 bits per heavy atom. The molecule has 1 heterocycles. The van der Waals surface area contributed by atoms with Crippen LogP contribution in [0.15, 0.2) is 11.6 Å². The van der Waals surface area contributed by atoms with E-state index in [1.807, 2.05) is 0 Å². The summed E-state index contributed by atoms with van der Waals surface area (Å²) >= 11 is 0. The normalized spacial score (nSPS) is 20.6. The predicted octanol–water partition coefficient (Wildman–Crippen LogP) is 0.911. The molecule has 0 saturated carbocycles. The summed E-state index contributed by atoms with van der Waals surface area (Å²) in [7, 11) is 1.73. The molecule has 0 spiro atoms. The summed E-state index contributed by atoms with van der Waals surface area (Å²) in [5.74, 6) is 0. The third-order valence-corrected chi connectivity index (χ3v) is 2.17. The van der Waals surface area contributed by atoms with E-state index in [1.54, 1.807) is 7.11 Å². The average Bonchev–Trinajstić information content (AvgIpc) is 2.17. The number of methoxy groups -OCH3 is 1. The number of ether oxygens (including phenoxy) is 2. The molecule has 1 aliphatic rings. The van der Waals surface area contributed by atoms with Gasteiger partial charge in [0.15, 0.2) is 0 Å². The number of hydrogen-bond acceptors (Lipinski definition) is 3. The van der Waals surface area contributed by atoms with Gasteiger partial charge in [-0.2, -0.15) is 0 Å². The first-order valence-electron chi connectivity index (χ1n) is 4.77. The molecule has 3 nitrogen and oxygen atoms in total. The van der Waals surface area contributed by atoms with Crippen LogP contribution in [-0.2, 0) is 9.47 Å². The van der Waals surface area contributed by atoms with Crippen molar-refractivity contribution in [1.82, 2.24) is 4.90 Å². The fraction of sp³-hybridized carbons (Fsp3) is 0.800. The number of nitrogens with zero attached hydrogens (tertiary/aromatic N) is 1. The molecule has 0 aliphatic carbocycles. The Morgan fingerprint density at radius 2 is 2.15 bits per heavy atom. The van der Waals surface area contributed by atoms with E-state index < -0.39 is 0 Å². The second kappa shape index (κ2) is 6.13. The minimum absolute atomic E-state index is 0.740. The summed E-state index contributed by atoms with van der Waals surface area (Å²) in [6.45, 7) is 7.72. The maximum absolute atomic E-state index is 5.27. The minimum Gasteiger partial charge on any atom is -0.380 e. The highest BCUT2D eigenvalue weighted by Crippen LogP contribution is 1.99. The van der Waals surface area contributed by atoms with Crippen molar-refractivity contribution in [3.05, 3.63) is 11.6 Å². The van der Waals surface area contributed by atoms with Gasteiger partial charge in [0.25, 0.3) is 0 Å². The Balaban J connectivity index is 2.19. The van der Waals surface area contributed by atoms with Gasteiger partial charge in [-0.05, 0) is 6.92 Å².